The van der Waals surface area contributed by atoms with Gasteiger partial charge in [0.15, 0.2) is 0 Å². The molecule has 0 unspecified atom stereocenters. The van der Waals surface area contributed by atoms with Gasteiger partial charge in [0.1, 0.15) is 0 Å². The molecule has 0 heterocycles. The first-order valence-electron chi connectivity index (χ1n) is 7.69. The van der Waals surface area contributed by atoms with Gasteiger partial charge in [-0.05, 0) is 37.1 Å². The number of amides is 2. The van der Waals surface area contributed by atoms with E-state index < -0.39 is 4.92 Å². The molecule has 0 saturated heterocycles. The van der Waals surface area contributed by atoms with Crippen LogP contribution in [0.1, 0.15) is 23.6 Å². The number of nitro benzene ring substituents is 1. The molecular formula is C18H19N3O4. The van der Waals surface area contributed by atoms with Crippen LogP contribution in [0.15, 0.2) is 36.4 Å². The first kappa shape index (κ1) is 18.1. The van der Waals surface area contributed by atoms with Crippen LogP contribution in [0.5, 0.6) is 0 Å². The molecule has 0 aliphatic heterocycles. The molecule has 0 atom stereocenters. The van der Waals surface area contributed by atoms with Gasteiger partial charge in [-0.1, -0.05) is 18.2 Å². The second-order valence-electron chi connectivity index (χ2n) is 5.76. The molecule has 7 nitrogen and oxygen atoms in total. The molecule has 0 spiro atoms. The smallest absolute Gasteiger partial charge is 0.274 e. The van der Waals surface area contributed by atoms with Gasteiger partial charge in [0.05, 0.1) is 22.6 Å². The SMILES string of the molecule is CC(=O)Nc1ccc(CC(=O)Nc2c(C)ccc([N+](=O)[O-])c2C)cc1. The third-order valence-electron chi connectivity index (χ3n) is 3.74. The number of anilines is 2. The Balaban J connectivity index is 2.11. The molecule has 2 N–H and O–H groups in total. The Morgan fingerprint density at radius 3 is 2.24 bits per heavy atom. The maximum absolute atomic E-state index is 12.3. The summed E-state index contributed by atoms with van der Waals surface area (Å²) in [5.74, 6) is -0.430. The Kier molecular flexibility index (Phi) is 5.49. The van der Waals surface area contributed by atoms with Gasteiger partial charge < -0.3 is 10.6 Å². The van der Waals surface area contributed by atoms with Crippen molar-refractivity contribution in [2.45, 2.75) is 27.2 Å². The van der Waals surface area contributed by atoms with Gasteiger partial charge in [-0.2, -0.15) is 0 Å². The van der Waals surface area contributed by atoms with Gasteiger partial charge >= 0.3 is 0 Å². The minimum atomic E-state index is -0.467. The number of aryl methyl sites for hydroxylation is 1. The Labute approximate surface area is 145 Å². The predicted molar refractivity (Wildman–Crippen MR) is 95.6 cm³/mol. The summed E-state index contributed by atoms with van der Waals surface area (Å²) in [4.78, 5) is 33.8. The number of benzene rings is 2. The van der Waals surface area contributed by atoms with Crippen LogP contribution in [-0.2, 0) is 16.0 Å². The first-order valence-corrected chi connectivity index (χ1v) is 7.69. The molecule has 2 aromatic rings. The first-order chi connectivity index (χ1) is 11.8. The van der Waals surface area contributed by atoms with Gasteiger partial charge in [-0.25, -0.2) is 0 Å². The van der Waals surface area contributed by atoms with Crippen molar-refractivity contribution in [3.63, 3.8) is 0 Å². The molecule has 0 radical (unpaired) electrons. The zero-order valence-corrected chi connectivity index (χ0v) is 14.3. The highest BCUT2D eigenvalue weighted by Crippen LogP contribution is 2.28. The summed E-state index contributed by atoms with van der Waals surface area (Å²) in [5, 5.41) is 16.4. The van der Waals surface area contributed by atoms with Crippen LogP contribution in [0, 0.1) is 24.0 Å². The van der Waals surface area contributed by atoms with Crippen molar-refractivity contribution in [1.82, 2.24) is 0 Å². The van der Waals surface area contributed by atoms with Gasteiger partial charge in [0, 0.05) is 18.7 Å². The number of nitrogens with one attached hydrogen (secondary N) is 2. The predicted octanol–water partition coefficient (Wildman–Crippen LogP) is 3.35. The standard InChI is InChI=1S/C18H19N3O4/c1-11-4-9-16(21(24)25)12(2)18(11)20-17(23)10-14-5-7-15(8-6-14)19-13(3)22/h4-9H,10H2,1-3H3,(H,19,22)(H,20,23). The van der Waals surface area contributed by atoms with E-state index >= 15 is 0 Å². The summed E-state index contributed by atoms with van der Waals surface area (Å²) in [6, 6.07) is 9.97. The molecule has 7 heteroatoms. The molecule has 0 fully saturated rings. The normalized spacial score (nSPS) is 10.2. The Morgan fingerprint density at radius 1 is 1.04 bits per heavy atom. The third-order valence-corrected chi connectivity index (χ3v) is 3.74. The largest absolute Gasteiger partial charge is 0.326 e. The third kappa shape index (κ3) is 4.63. The minimum Gasteiger partial charge on any atom is -0.326 e. The molecule has 2 amide bonds. The van der Waals surface area contributed by atoms with E-state index in [2.05, 4.69) is 10.6 Å². The van der Waals surface area contributed by atoms with Gasteiger partial charge in [-0.15, -0.1) is 0 Å². The lowest BCUT2D eigenvalue weighted by Crippen LogP contribution is -2.16. The fourth-order valence-corrected chi connectivity index (χ4v) is 2.50. The van der Waals surface area contributed by atoms with E-state index in [1.54, 1.807) is 44.2 Å². The van der Waals surface area contributed by atoms with E-state index in [1.165, 1.54) is 13.0 Å². The average Bonchev–Trinajstić information content (AvgIpc) is 2.52. The van der Waals surface area contributed by atoms with Gasteiger partial charge in [-0.3, -0.25) is 19.7 Å². The van der Waals surface area contributed by atoms with Crippen LogP contribution in [0.3, 0.4) is 0 Å². The Hall–Kier alpha value is -3.22. The minimum absolute atomic E-state index is 0.0273. The van der Waals surface area contributed by atoms with Crippen LogP contribution < -0.4 is 10.6 Å². The second kappa shape index (κ2) is 7.57. The highest BCUT2D eigenvalue weighted by Gasteiger charge is 2.17. The van der Waals surface area contributed by atoms with E-state index in [4.69, 9.17) is 0 Å². The molecule has 0 aliphatic rings. The summed E-state index contributed by atoms with van der Waals surface area (Å²) in [6.45, 7) is 4.82. The molecular weight excluding hydrogens is 322 g/mol. The molecule has 130 valence electrons. The molecule has 0 saturated carbocycles. The fraction of sp³-hybridized carbons (Fsp3) is 0.222. The highest BCUT2D eigenvalue weighted by molar-refractivity contribution is 5.94. The lowest BCUT2D eigenvalue weighted by atomic mass is 10.1. The van der Waals surface area contributed by atoms with E-state index in [0.29, 0.717) is 16.9 Å². The highest BCUT2D eigenvalue weighted by atomic mass is 16.6. The van der Waals surface area contributed by atoms with Crippen molar-refractivity contribution >= 4 is 28.9 Å². The van der Waals surface area contributed by atoms with E-state index in [1.807, 2.05) is 0 Å². The zero-order chi connectivity index (χ0) is 18.6. The summed E-state index contributed by atoms with van der Waals surface area (Å²) in [6.07, 6.45) is 0.127. The van der Waals surface area contributed by atoms with E-state index in [-0.39, 0.29) is 23.9 Å². The number of nitrogens with zero attached hydrogens (tertiary/aromatic N) is 1. The molecule has 2 aromatic carbocycles. The van der Waals surface area contributed by atoms with Gasteiger partial charge in [0.2, 0.25) is 11.8 Å². The summed E-state index contributed by atoms with van der Waals surface area (Å²) >= 11 is 0. The molecule has 0 aromatic heterocycles. The van der Waals surface area contributed by atoms with Crippen molar-refractivity contribution in [2.75, 3.05) is 10.6 Å². The van der Waals surface area contributed by atoms with E-state index in [0.717, 1.165) is 11.1 Å². The van der Waals surface area contributed by atoms with Gasteiger partial charge in [0.25, 0.3) is 5.69 Å². The quantitative estimate of drug-likeness (QED) is 0.643. The molecule has 25 heavy (non-hydrogen) atoms. The summed E-state index contributed by atoms with van der Waals surface area (Å²) < 4.78 is 0. The summed E-state index contributed by atoms with van der Waals surface area (Å²) in [7, 11) is 0. The van der Waals surface area contributed by atoms with Crippen LogP contribution in [-0.4, -0.2) is 16.7 Å². The van der Waals surface area contributed by atoms with Crippen molar-refractivity contribution in [3.05, 3.63) is 63.2 Å². The second-order valence-corrected chi connectivity index (χ2v) is 5.76. The Bertz CT molecular complexity index is 829. The lowest BCUT2D eigenvalue weighted by molar-refractivity contribution is -0.385. The number of nitro groups is 1. The number of carbonyl (C=O) groups is 2. The van der Waals surface area contributed by atoms with Crippen molar-refractivity contribution in [3.8, 4) is 0 Å². The number of hydrogen-bond donors (Lipinski definition) is 2. The number of carbonyl (C=O) groups excluding carboxylic acids is 2. The molecule has 0 aliphatic carbocycles. The molecule has 0 bridgehead atoms. The van der Waals surface area contributed by atoms with Crippen LogP contribution >= 0.6 is 0 Å². The van der Waals surface area contributed by atoms with Crippen LogP contribution in [0.4, 0.5) is 17.1 Å². The molecule has 2 rings (SSSR count). The monoisotopic (exact) mass is 341 g/mol. The Morgan fingerprint density at radius 2 is 1.68 bits per heavy atom. The van der Waals surface area contributed by atoms with Crippen molar-refractivity contribution in [2.24, 2.45) is 0 Å². The fourth-order valence-electron chi connectivity index (χ4n) is 2.50. The van der Waals surface area contributed by atoms with Crippen LogP contribution in [0.25, 0.3) is 0 Å². The number of rotatable bonds is 5. The summed E-state index contributed by atoms with van der Waals surface area (Å²) in [5.41, 5.74) is 3.06. The van der Waals surface area contributed by atoms with Crippen molar-refractivity contribution in [1.29, 1.82) is 0 Å². The number of hydrogen-bond acceptors (Lipinski definition) is 4. The lowest BCUT2D eigenvalue weighted by Gasteiger charge is -2.12. The average molecular weight is 341 g/mol. The van der Waals surface area contributed by atoms with Crippen molar-refractivity contribution < 1.29 is 14.5 Å². The topological polar surface area (TPSA) is 101 Å². The zero-order valence-electron chi connectivity index (χ0n) is 14.3. The van der Waals surface area contributed by atoms with Crippen LogP contribution in [0.2, 0.25) is 0 Å². The van der Waals surface area contributed by atoms with E-state index in [9.17, 15) is 19.7 Å². The maximum Gasteiger partial charge on any atom is 0.274 e. The maximum atomic E-state index is 12.3.